The third kappa shape index (κ3) is 8.63. The van der Waals surface area contributed by atoms with E-state index in [9.17, 15) is 14.4 Å². The van der Waals surface area contributed by atoms with Crippen molar-refractivity contribution in [3.8, 4) is 5.75 Å². The molecule has 0 radical (unpaired) electrons. The maximum Gasteiger partial charge on any atom is 0.272 e. The Morgan fingerprint density at radius 1 is 0.881 bits per heavy atom. The Labute approximate surface area is 258 Å². The molecule has 7 nitrogen and oxygen atoms in total. The van der Waals surface area contributed by atoms with E-state index in [1.165, 1.54) is 18.9 Å². The van der Waals surface area contributed by atoms with Gasteiger partial charge in [-0.15, -0.1) is 11.8 Å². The highest BCUT2D eigenvalue weighted by molar-refractivity contribution is 8.00. The molecule has 0 heterocycles. The van der Waals surface area contributed by atoms with Gasteiger partial charge in [-0.05, 0) is 78.7 Å². The van der Waals surface area contributed by atoms with Gasteiger partial charge in [0.1, 0.15) is 11.4 Å². The van der Waals surface area contributed by atoms with Crippen LogP contribution in [0.15, 0.2) is 102 Å². The van der Waals surface area contributed by atoms with Crippen molar-refractivity contribution in [1.82, 2.24) is 5.32 Å². The fourth-order valence-electron chi connectivity index (χ4n) is 3.77. The minimum Gasteiger partial charge on any atom is -0.495 e. The van der Waals surface area contributed by atoms with E-state index in [0.717, 1.165) is 10.5 Å². The van der Waals surface area contributed by atoms with Crippen molar-refractivity contribution in [2.24, 2.45) is 0 Å². The van der Waals surface area contributed by atoms with Gasteiger partial charge in [0.25, 0.3) is 11.8 Å². The second-order valence-corrected chi connectivity index (χ2v) is 10.9. The summed E-state index contributed by atoms with van der Waals surface area (Å²) in [5.74, 6) is -0.476. The van der Waals surface area contributed by atoms with Gasteiger partial charge in [0.15, 0.2) is 0 Å². The molecular formula is C32H27Cl2N3O4S. The molecule has 0 aliphatic carbocycles. The van der Waals surface area contributed by atoms with Crippen LogP contribution < -0.4 is 20.7 Å². The molecule has 0 spiro atoms. The van der Waals surface area contributed by atoms with E-state index in [1.54, 1.807) is 97.1 Å². The summed E-state index contributed by atoms with van der Waals surface area (Å²) >= 11 is 13.5. The predicted molar refractivity (Wildman–Crippen MR) is 171 cm³/mol. The zero-order valence-corrected chi connectivity index (χ0v) is 25.1. The van der Waals surface area contributed by atoms with E-state index in [0.29, 0.717) is 38.3 Å². The highest BCUT2D eigenvalue weighted by Crippen LogP contribution is 2.31. The number of carbonyl (C=O) groups excluding carboxylic acids is 3. The third-order valence-electron chi connectivity index (χ3n) is 5.95. The fraction of sp³-hybridized carbons (Fsp3) is 0.0938. The summed E-state index contributed by atoms with van der Waals surface area (Å²) < 4.78 is 5.32. The molecule has 3 N–H and O–H groups in total. The first-order valence-electron chi connectivity index (χ1n) is 12.7. The summed E-state index contributed by atoms with van der Waals surface area (Å²) in [6.07, 6.45) is 1.58. The summed E-state index contributed by atoms with van der Waals surface area (Å²) in [6.45, 7) is 1.85. The van der Waals surface area contributed by atoms with E-state index in [2.05, 4.69) is 16.0 Å². The standard InChI is InChI=1S/C32H27Cl2N3O4S/c1-20-16-27(29(41-2)18-26(20)34)36-30(38)19-42-25-14-12-24(13-15-25)35-32(40)28(17-21-8-10-23(33)11-9-21)37-31(39)22-6-4-3-5-7-22/h3-18H,19H2,1-2H3,(H,35,40)(H,36,38)(H,37,39)/b28-17-. The first-order valence-corrected chi connectivity index (χ1v) is 14.5. The highest BCUT2D eigenvalue weighted by Gasteiger charge is 2.16. The van der Waals surface area contributed by atoms with Crippen molar-refractivity contribution in [2.75, 3.05) is 23.5 Å². The number of amides is 3. The van der Waals surface area contributed by atoms with Crippen LogP contribution in [0.4, 0.5) is 11.4 Å². The van der Waals surface area contributed by atoms with Crippen molar-refractivity contribution in [3.63, 3.8) is 0 Å². The zero-order valence-electron chi connectivity index (χ0n) is 22.7. The molecule has 0 atom stereocenters. The smallest absolute Gasteiger partial charge is 0.272 e. The number of anilines is 2. The van der Waals surface area contributed by atoms with Crippen LogP contribution >= 0.6 is 35.0 Å². The van der Waals surface area contributed by atoms with Gasteiger partial charge in [0.2, 0.25) is 5.91 Å². The van der Waals surface area contributed by atoms with Crippen LogP contribution in [0.25, 0.3) is 6.08 Å². The number of nitrogens with one attached hydrogen (secondary N) is 3. The van der Waals surface area contributed by atoms with Gasteiger partial charge in [0.05, 0.1) is 18.6 Å². The lowest BCUT2D eigenvalue weighted by Gasteiger charge is -2.13. The van der Waals surface area contributed by atoms with Crippen LogP contribution in [0.1, 0.15) is 21.5 Å². The maximum atomic E-state index is 13.2. The molecule has 4 aromatic carbocycles. The summed E-state index contributed by atoms with van der Waals surface area (Å²) in [5.41, 5.74) is 3.06. The predicted octanol–water partition coefficient (Wildman–Crippen LogP) is 7.45. The van der Waals surface area contributed by atoms with E-state index in [4.69, 9.17) is 27.9 Å². The Morgan fingerprint density at radius 2 is 1.57 bits per heavy atom. The zero-order chi connectivity index (χ0) is 30.1. The van der Waals surface area contributed by atoms with Gasteiger partial charge in [-0.25, -0.2) is 0 Å². The number of aryl methyl sites for hydroxylation is 1. The van der Waals surface area contributed by atoms with Crippen LogP contribution in [0, 0.1) is 6.92 Å². The molecule has 3 amide bonds. The SMILES string of the molecule is COc1cc(Cl)c(C)cc1NC(=O)CSc1ccc(NC(=O)/C(=C/c2ccc(Cl)cc2)NC(=O)c2ccccc2)cc1. The first-order chi connectivity index (χ1) is 20.2. The quantitative estimate of drug-likeness (QED) is 0.126. The van der Waals surface area contributed by atoms with Crippen molar-refractivity contribution < 1.29 is 19.1 Å². The average Bonchev–Trinajstić information content (AvgIpc) is 2.99. The topological polar surface area (TPSA) is 96.5 Å². The number of ether oxygens (including phenoxy) is 1. The molecule has 0 saturated heterocycles. The summed E-state index contributed by atoms with van der Waals surface area (Å²) in [7, 11) is 1.51. The molecule has 0 fully saturated rings. The van der Waals surface area contributed by atoms with Gasteiger partial charge in [-0.1, -0.05) is 53.5 Å². The summed E-state index contributed by atoms with van der Waals surface area (Å²) in [6, 6.07) is 26.0. The number of benzene rings is 4. The minimum atomic E-state index is -0.499. The molecule has 0 aromatic heterocycles. The largest absolute Gasteiger partial charge is 0.495 e. The van der Waals surface area contributed by atoms with Crippen molar-refractivity contribution in [2.45, 2.75) is 11.8 Å². The van der Waals surface area contributed by atoms with Crippen LogP contribution in [0.2, 0.25) is 10.0 Å². The Morgan fingerprint density at radius 3 is 2.24 bits per heavy atom. The molecule has 4 aromatic rings. The summed E-state index contributed by atoms with van der Waals surface area (Å²) in [4.78, 5) is 39.4. The fourth-order valence-corrected chi connectivity index (χ4v) is 4.74. The number of thioether (sulfide) groups is 1. The summed E-state index contributed by atoms with van der Waals surface area (Å²) in [5, 5.41) is 9.49. The number of carbonyl (C=O) groups is 3. The maximum absolute atomic E-state index is 13.2. The lowest BCUT2D eigenvalue weighted by Crippen LogP contribution is -2.30. The molecule has 0 aliphatic rings. The normalized spacial score (nSPS) is 11.0. The lowest BCUT2D eigenvalue weighted by molar-refractivity contribution is -0.114. The highest BCUT2D eigenvalue weighted by atomic mass is 35.5. The van der Waals surface area contributed by atoms with E-state index in [-0.39, 0.29) is 17.4 Å². The van der Waals surface area contributed by atoms with Crippen LogP contribution in [-0.4, -0.2) is 30.6 Å². The number of halogens is 2. The number of hydrogen-bond donors (Lipinski definition) is 3. The van der Waals surface area contributed by atoms with E-state index < -0.39 is 11.8 Å². The average molecular weight is 621 g/mol. The first kappa shape index (κ1) is 30.7. The van der Waals surface area contributed by atoms with Crippen LogP contribution in [-0.2, 0) is 9.59 Å². The molecule has 4 rings (SSSR count). The van der Waals surface area contributed by atoms with Gasteiger partial charge in [0, 0.05) is 32.3 Å². The van der Waals surface area contributed by atoms with Crippen molar-refractivity contribution in [1.29, 1.82) is 0 Å². The molecule has 0 unspecified atom stereocenters. The van der Waals surface area contributed by atoms with Crippen LogP contribution in [0.3, 0.4) is 0 Å². The lowest BCUT2D eigenvalue weighted by atomic mass is 10.1. The second-order valence-electron chi connectivity index (χ2n) is 9.05. The molecule has 0 bridgehead atoms. The molecule has 0 saturated carbocycles. The molecule has 10 heteroatoms. The van der Waals surface area contributed by atoms with E-state index in [1.807, 2.05) is 6.92 Å². The number of rotatable bonds is 10. The Balaban J connectivity index is 1.40. The van der Waals surface area contributed by atoms with Gasteiger partial charge in [-0.3, -0.25) is 14.4 Å². The van der Waals surface area contributed by atoms with Crippen molar-refractivity contribution >= 4 is 70.1 Å². The minimum absolute atomic E-state index is 0.0640. The molecular weight excluding hydrogens is 593 g/mol. The molecule has 0 aliphatic heterocycles. The van der Waals surface area contributed by atoms with Gasteiger partial charge >= 0.3 is 0 Å². The molecule has 42 heavy (non-hydrogen) atoms. The van der Waals surface area contributed by atoms with Gasteiger partial charge in [-0.2, -0.15) is 0 Å². The monoisotopic (exact) mass is 619 g/mol. The number of methoxy groups -OCH3 is 1. The Kier molecular flexibility index (Phi) is 10.7. The second kappa shape index (κ2) is 14.6. The number of hydrogen-bond acceptors (Lipinski definition) is 5. The van der Waals surface area contributed by atoms with Crippen LogP contribution in [0.5, 0.6) is 5.75 Å². The van der Waals surface area contributed by atoms with Crippen molar-refractivity contribution in [3.05, 3.63) is 123 Å². The Hall–Kier alpha value is -4.24. The molecule has 214 valence electrons. The Bertz CT molecular complexity index is 1610. The van der Waals surface area contributed by atoms with E-state index >= 15 is 0 Å². The van der Waals surface area contributed by atoms with Gasteiger partial charge < -0.3 is 20.7 Å². The third-order valence-corrected chi connectivity index (χ3v) is 7.62.